The number of nitrogens with zero attached hydrogens (tertiary/aromatic N) is 1. The van der Waals surface area contributed by atoms with Crippen molar-refractivity contribution in [2.45, 2.75) is 34.6 Å². The summed E-state index contributed by atoms with van der Waals surface area (Å²) < 4.78 is 55.0. The van der Waals surface area contributed by atoms with Gasteiger partial charge in [-0.1, -0.05) is 48.5 Å². The molecular weight excluding hydrogens is 756 g/mol. The molecule has 8 aromatic rings. The van der Waals surface area contributed by atoms with E-state index in [1.165, 1.54) is 57.2 Å². The van der Waals surface area contributed by atoms with Gasteiger partial charge in [0.1, 0.15) is 23.3 Å². The second-order valence-corrected chi connectivity index (χ2v) is 14.0. The van der Waals surface area contributed by atoms with E-state index in [2.05, 4.69) is 111 Å². The van der Waals surface area contributed by atoms with Crippen LogP contribution in [0.25, 0.3) is 49.3 Å². The number of aromatic nitrogens is 2. The van der Waals surface area contributed by atoms with Gasteiger partial charge >= 0.3 is 0 Å². The molecule has 0 saturated heterocycles. The number of hydrogen-bond donors (Lipinski definition) is 1. The standard InChI is InChI=1S/C20H14BrF2N.C14H13N.C7H5BrF2/c1-11-3-5-14-15-6-4-12(2)8-19(15)24(18(14)7-11)13-9-16(22)20(21)17(23)10-13;1-9-3-5-11-12-6-4-10(2)8-14(12)15-13(11)7-9;1-4-2-5(9)7(8)6(10)3-4/h3-10H,1-2H3;3-8,15H,1-2H3;2-3H,1H3. The normalized spacial score (nSPS) is 11.2. The van der Waals surface area contributed by atoms with E-state index in [4.69, 9.17) is 0 Å². The molecule has 6 aromatic carbocycles. The molecule has 0 aliphatic heterocycles. The summed E-state index contributed by atoms with van der Waals surface area (Å²) in [5.74, 6) is -2.34. The van der Waals surface area contributed by atoms with E-state index in [9.17, 15) is 17.6 Å². The molecule has 0 aliphatic carbocycles. The summed E-state index contributed by atoms with van der Waals surface area (Å²) >= 11 is 5.70. The van der Waals surface area contributed by atoms with Crippen LogP contribution in [0.4, 0.5) is 17.6 Å². The lowest BCUT2D eigenvalue weighted by atomic mass is 10.1. The van der Waals surface area contributed by atoms with Gasteiger partial charge in [-0.3, -0.25) is 0 Å². The third-order valence-electron chi connectivity index (χ3n) is 8.34. The molecule has 0 saturated carbocycles. The van der Waals surface area contributed by atoms with Gasteiger partial charge in [0.25, 0.3) is 0 Å². The van der Waals surface area contributed by atoms with Crippen molar-refractivity contribution in [1.29, 1.82) is 0 Å². The first-order valence-electron chi connectivity index (χ1n) is 15.6. The molecule has 2 heterocycles. The summed E-state index contributed by atoms with van der Waals surface area (Å²) in [7, 11) is 0. The largest absolute Gasteiger partial charge is 0.354 e. The topological polar surface area (TPSA) is 20.7 Å². The molecule has 1 N–H and O–H groups in total. The van der Waals surface area contributed by atoms with Gasteiger partial charge in [0.2, 0.25) is 0 Å². The molecule has 0 aliphatic rings. The van der Waals surface area contributed by atoms with Crippen molar-refractivity contribution in [3.05, 3.63) is 157 Å². The number of aryl methyl sites for hydroxylation is 5. The molecule has 0 atom stereocenters. The Kier molecular flexibility index (Phi) is 9.74. The molecule has 0 fully saturated rings. The van der Waals surface area contributed by atoms with Crippen LogP contribution in [0, 0.1) is 57.9 Å². The highest BCUT2D eigenvalue weighted by molar-refractivity contribution is 9.10. The van der Waals surface area contributed by atoms with E-state index in [0.717, 1.165) is 32.9 Å². The van der Waals surface area contributed by atoms with Crippen LogP contribution in [0.1, 0.15) is 27.8 Å². The van der Waals surface area contributed by atoms with Crippen molar-refractivity contribution in [3.8, 4) is 5.69 Å². The van der Waals surface area contributed by atoms with Crippen molar-refractivity contribution in [2.24, 2.45) is 0 Å². The van der Waals surface area contributed by atoms with Crippen LogP contribution in [-0.4, -0.2) is 9.55 Å². The predicted molar refractivity (Wildman–Crippen MR) is 202 cm³/mol. The minimum Gasteiger partial charge on any atom is -0.354 e. The molecule has 0 spiro atoms. The number of H-pyrrole nitrogens is 1. The third kappa shape index (κ3) is 7.03. The summed E-state index contributed by atoms with van der Waals surface area (Å²) in [5, 5.41) is 4.77. The van der Waals surface area contributed by atoms with Gasteiger partial charge in [0, 0.05) is 32.6 Å². The molecule has 49 heavy (non-hydrogen) atoms. The third-order valence-corrected chi connectivity index (χ3v) is 9.86. The highest BCUT2D eigenvalue weighted by atomic mass is 79.9. The van der Waals surface area contributed by atoms with Crippen molar-refractivity contribution in [3.63, 3.8) is 0 Å². The van der Waals surface area contributed by atoms with Crippen molar-refractivity contribution >= 4 is 75.5 Å². The van der Waals surface area contributed by atoms with Crippen LogP contribution in [-0.2, 0) is 0 Å². The Hall–Kier alpha value is -4.40. The van der Waals surface area contributed by atoms with Gasteiger partial charge in [0.05, 0.1) is 25.7 Å². The van der Waals surface area contributed by atoms with E-state index in [1.54, 1.807) is 6.92 Å². The van der Waals surface area contributed by atoms with Crippen molar-refractivity contribution < 1.29 is 17.6 Å². The number of fused-ring (bicyclic) bond motifs is 6. The summed E-state index contributed by atoms with van der Waals surface area (Å²) in [5.41, 5.74) is 10.2. The van der Waals surface area contributed by atoms with Crippen molar-refractivity contribution in [1.82, 2.24) is 9.55 Å². The van der Waals surface area contributed by atoms with Crippen LogP contribution >= 0.6 is 31.9 Å². The summed E-state index contributed by atoms with van der Waals surface area (Å²) in [4.78, 5) is 3.46. The predicted octanol–water partition coefficient (Wildman–Crippen LogP) is 13.4. The van der Waals surface area contributed by atoms with E-state index in [0.29, 0.717) is 11.3 Å². The smallest absolute Gasteiger partial charge is 0.142 e. The molecule has 0 amide bonds. The van der Waals surface area contributed by atoms with Gasteiger partial charge in [-0.2, -0.15) is 0 Å². The highest BCUT2D eigenvalue weighted by Crippen LogP contribution is 2.35. The zero-order valence-corrected chi connectivity index (χ0v) is 30.6. The lowest BCUT2D eigenvalue weighted by Crippen LogP contribution is -1.97. The van der Waals surface area contributed by atoms with Crippen LogP contribution < -0.4 is 0 Å². The molecular formula is C41H32Br2F4N2. The molecule has 2 nitrogen and oxygen atoms in total. The first-order valence-corrected chi connectivity index (χ1v) is 17.2. The fraction of sp³-hybridized carbons (Fsp3) is 0.122. The second-order valence-electron chi connectivity index (χ2n) is 12.4. The zero-order valence-electron chi connectivity index (χ0n) is 27.5. The number of benzene rings is 6. The first-order chi connectivity index (χ1) is 23.3. The number of rotatable bonds is 1. The quantitative estimate of drug-likeness (QED) is 0.126. The average Bonchev–Trinajstić information content (AvgIpc) is 3.55. The van der Waals surface area contributed by atoms with E-state index in [-0.39, 0.29) is 8.95 Å². The van der Waals surface area contributed by atoms with Crippen LogP contribution in [0.2, 0.25) is 0 Å². The molecule has 8 rings (SSSR count). The summed E-state index contributed by atoms with van der Waals surface area (Å²) in [6, 6.07) is 30.7. The SMILES string of the molecule is Cc1cc(F)c(Br)c(F)c1.Cc1ccc2c(c1)[nH]c1cc(C)ccc12.Cc1ccc2c3ccc(C)cc3n(-c3cc(F)c(Br)c(F)c3)c2c1. The Bertz CT molecular complexity index is 2370. The van der Waals surface area contributed by atoms with Gasteiger partial charge in [-0.25, -0.2) is 17.6 Å². The minimum absolute atomic E-state index is 0.0990. The number of halogens is 6. The molecule has 0 bridgehead atoms. The Morgan fingerprint density at radius 1 is 0.429 bits per heavy atom. The summed E-state index contributed by atoms with van der Waals surface area (Å²) in [6.07, 6.45) is 0. The van der Waals surface area contributed by atoms with Crippen LogP contribution in [0.15, 0.2) is 106 Å². The molecule has 248 valence electrons. The maximum atomic E-state index is 14.1. The maximum Gasteiger partial charge on any atom is 0.142 e. The van der Waals surface area contributed by atoms with Crippen molar-refractivity contribution in [2.75, 3.05) is 0 Å². The lowest BCUT2D eigenvalue weighted by Gasteiger charge is -2.10. The number of nitrogens with one attached hydrogen (secondary N) is 1. The Labute approximate surface area is 298 Å². The van der Waals surface area contributed by atoms with Gasteiger partial charge in [0.15, 0.2) is 0 Å². The maximum absolute atomic E-state index is 14.1. The Balaban J connectivity index is 0.000000142. The first kappa shape index (κ1) is 34.5. The van der Waals surface area contributed by atoms with Crippen LogP contribution in [0.3, 0.4) is 0 Å². The average molecular weight is 789 g/mol. The Morgan fingerprint density at radius 3 is 1.18 bits per heavy atom. The van der Waals surface area contributed by atoms with Gasteiger partial charge < -0.3 is 9.55 Å². The minimum atomic E-state index is -0.611. The summed E-state index contributed by atoms with van der Waals surface area (Å²) in [6.45, 7) is 9.90. The lowest BCUT2D eigenvalue weighted by molar-refractivity contribution is 0.569. The number of hydrogen-bond acceptors (Lipinski definition) is 0. The van der Waals surface area contributed by atoms with Crippen LogP contribution in [0.5, 0.6) is 0 Å². The molecule has 2 aromatic heterocycles. The number of aromatic amines is 1. The van der Waals surface area contributed by atoms with Gasteiger partial charge in [-0.15, -0.1) is 0 Å². The van der Waals surface area contributed by atoms with Gasteiger partial charge in [-0.05, 0) is 143 Å². The Morgan fingerprint density at radius 2 is 0.776 bits per heavy atom. The fourth-order valence-corrected chi connectivity index (χ4v) is 6.47. The highest BCUT2D eigenvalue weighted by Gasteiger charge is 2.16. The fourth-order valence-electron chi connectivity index (χ4n) is 6.01. The molecule has 0 unspecified atom stereocenters. The van der Waals surface area contributed by atoms with E-state index in [1.807, 2.05) is 30.5 Å². The zero-order chi connectivity index (χ0) is 35.1. The molecule has 8 heteroatoms. The molecule has 0 radical (unpaired) electrons. The monoisotopic (exact) mass is 786 g/mol. The van der Waals surface area contributed by atoms with E-state index < -0.39 is 23.3 Å². The van der Waals surface area contributed by atoms with E-state index >= 15 is 0 Å². The second kappa shape index (κ2) is 13.8.